The van der Waals surface area contributed by atoms with Gasteiger partial charge in [0.1, 0.15) is 0 Å². The number of piperazine rings is 1. The first kappa shape index (κ1) is 14.8. The summed E-state index contributed by atoms with van der Waals surface area (Å²) in [6.45, 7) is 9.39. The van der Waals surface area contributed by atoms with Crippen molar-refractivity contribution in [2.75, 3.05) is 39.9 Å². The molecule has 1 aliphatic rings. The molecule has 0 bridgehead atoms. The SMILES string of the molecule is CCC(C(N)=S)N1CCN(C(C)COC)CC1. The van der Waals surface area contributed by atoms with Crippen LogP contribution < -0.4 is 5.73 Å². The van der Waals surface area contributed by atoms with Gasteiger partial charge >= 0.3 is 0 Å². The third-order valence-electron chi connectivity index (χ3n) is 3.54. The molecular formula is C12H25N3OS. The number of nitrogens with two attached hydrogens (primary N) is 1. The Balaban J connectivity index is 2.42. The Hall–Kier alpha value is -0.230. The van der Waals surface area contributed by atoms with Crippen molar-refractivity contribution >= 4 is 17.2 Å². The Labute approximate surface area is 110 Å². The zero-order valence-electron chi connectivity index (χ0n) is 11.2. The molecule has 4 nitrogen and oxygen atoms in total. The van der Waals surface area contributed by atoms with E-state index < -0.39 is 0 Å². The van der Waals surface area contributed by atoms with Crippen molar-refractivity contribution in [2.24, 2.45) is 5.73 Å². The zero-order valence-corrected chi connectivity index (χ0v) is 12.0. The summed E-state index contributed by atoms with van der Waals surface area (Å²) in [7, 11) is 1.76. The largest absolute Gasteiger partial charge is 0.392 e. The topological polar surface area (TPSA) is 41.7 Å². The third kappa shape index (κ3) is 4.17. The van der Waals surface area contributed by atoms with Crippen molar-refractivity contribution in [1.29, 1.82) is 0 Å². The molecule has 17 heavy (non-hydrogen) atoms. The van der Waals surface area contributed by atoms with E-state index in [0.29, 0.717) is 11.0 Å². The summed E-state index contributed by atoms with van der Waals surface area (Å²) in [5.41, 5.74) is 5.78. The molecule has 0 radical (unpaired) electrons. The van der Waals surface area contributed by atoms with Crippen molar-refractivity contribution in [3.63, 3.8) is 0 Å². The monoisotopic (exact) mass is 259 g/mol. The van der Waals surface area contributed by atoms with E-state index in [-0.39, 0.29) is 6.04 Å². The first-order valence-corrected chi connectivity index (χ1v) is 6.77. The summed E-state index contributed by atoms with van der Waals surface area (Å²) in [4.78, 5) is 5.50. The van der Waals surface area contributed by atoms with Gasteiger partial charge in [0, 0.05) is 39.3 Å². The second-order valence-corrected chi connectivity index (χ2v) is 5.17. The lowest BCUT2D eigenvalue weighted by Gasteiger charge is -2.40. The first-order valence-electron chi connectivity index (χ1n) is 6.36. The highest BCUT2D eigenvalue weighted by Crippen LogP contribution is 2.12. The van der Waals surface area contributed by atoms with Gasteiger partial charge in [-0.15, -0.1) is 0 Å². The number of methoxy groups -OCH3 is 1. The van der Waals surface area contributed by atoms with Crippen LogP contribution in [0.2, 0.25) is 0 Å². The van der Waals surface area contributed by atoms with E-state index in [9.17, 15) is 0 Å². The lowest BCUT2D eigenvalue weighted by molar-refractivity contribution is 0.0510. The molecule has 2 atom stereocenters. The maximum absolute atomic E-state index is 5.78. The van der Waals surface area contributed by atoms with Gasteiger partial charge in [0.05, 0.1) is 17.6 Å². The molecule has 1 fully saturated rings. The van der Waals surface area contributed by atoms with E-state index in [1.807, 2.05) is 0 Å². The molecule has 0 spiro atoms. The van der Waals surface area contributed by atoms with Gasteiger partial charge in [-0.1, -0.05) is 19.1 Å². The average molecular weight is 259 g/mol. The van der Waals surface area contributed by atoms with Crippen LogP contribution in [0.5, 0.6) is 0 Å². The van der Waals surface area contributed by atoms with Crippen LogP contribution in [-0.2, 0) is 4.74 Å². The summed E-state index contributed by atoms with van der Waals surface area (Å²) in [5.74, 6) is 0. The molecule has 1 saturated heterocycles. The summed E-state index contributed by atoms with van der Waals surface area (Å²) >= 11 is 5.12. The number of hydrogen-bond donors (Lipinski definition) is 1. The predicted molar refractivity (Wildman–Crippen MR) is 75.3 cm³/mol. The molecule has 2 N–H and O–H groups in total. The Bertz CT molecular complexity index is 242. The van der Waals surface area contributed by atoms with Crippen LogP contribution in [0.25, 0.3) is 0 Å². The van der Waals surface area contributed by atoms with Crippen molar-refractivity contribution < 1.29 is 4.74 Å². The van der Waals surface area contributed by atoms with Crippen LogP contribution in [-0.4, -0.2) is 66.8 Å². The van der Waals surface area contributed by atoms with E-state index in [1.165, 1.54) is 0 Å². The van der Waals surface area contributed by atoms with E-state index in [1.54, 1.807) is 7.11 Å². The highest BCUT2D eigenvalue weighted by Gasteiger charge is 2.26. The average Bonchev–Trinajstić information content (AvgIpc) is 2.30. The van der Waals surface area contributed by atoms with E-state index in [0.717, 1.165) is 39.2 Å². The van der Waals surface area contributed by atoms with Gasteiger partial charge in [0.15, 0.2) is 0 Å². The Morgan fingerprint density at radius 1 is 1.29 bits per heavy atom. The highest BCUT2D eigenvalue weighted by molar-refractivity contribution is 7.80. The number of thiocarbonyl (C=S) groups is 1. The molecule has 0 aliphatic carbocycles. The normalized spacial score (nSPS) is 22.3. The Kier molecular flexibility index (Phi) is 6.33. The molecule has 1 heterocycles. The molecule has 0 saturated carbocycles. The maximum Gasteiger partial charge on any atom is 0.0901 e. The molecule has 1 rings (SSSR count). The fourth-order valence-electron chi connectivity index (χ4n) is 2.48. The van der Waals surface area contributed by atoms with Gasteiger partial charge in [0.25, 0.3) is 0 Å². The number of nitrogens with zero attached hydrogens (tertiary/aromatic N) is 2. The highest BCUT2D eigenvalue weighted by atomic mass is 32.1. The van der Waals surface area contributed by atoms with Crippen molar-refractivity contribution in [3.8, 4) is 0 Å². The van der Waals surface area contributed by atoms with E-state index >= 15 is 0 Å². The minimum absolute atomic E-state index is 0.268. The van der Waals surface area contributed by atoms with Gasteiger partial charge < -0.3 is 10.5 Å². The zero-order chi connectivity index (χ0) is 12.8. The minimum atomic E-state index is 0.268. The molecular weight excluding hydrogens is 234 g/mol. The Morgan fingerprint density at radius 2 is 1.82 bits per heavy atom. The molecule has 5 heteroatoms. The lowest BCUT2D eigenvalue weighted by atomic mass is 10.1. The molecule has 100 valence electrons. The van der Waals surface area contributed by atoms with Gasteiger partial charge in [0.2, 0.25) is 0 Å². The predicted octanol–water partition coefficient (Wildman–Crippen LogP) is 0.704. The number of rotatable bonds is 6. The maximum atomic E-state index is 5.78. The second-order valence-electron chi connectivity index (χ2n) is 4.70. The van der Waals surface area contributed by atoms with Gasteiger partial charge in [-0.2, -0.15) is 0 Å². The van der Waals surface area contributed by atoms with Crippen LogP contribution in [0.15, 0.2) is 0 Å². The molecule has 0 aromatic carbocycles. The third-order valence-corrected chi connectivity index (χ3v) is 3.81. The first-order chi connectivity index (χ1) is 8.10. The summed E-state index contributed by atoms with van der Waals surface area (Å²) in [6.07, 6.45) is 1.00. The minimum Gasteiger partial charge on any atom is -0.392 e. The van der Waals surface area contributed by atoms with E-state index in [2.05, 4.69) is 23.6 Å². The lowest BCUT2D eigenvalue weighted by Crippen LogP contribution is -2.55. The van der Waals surface area contributed by atoms with Crippen molar-refractivity contribution in [1.82, 2.24) is 9.80 Å². The van der Waals surface area contributed by atoms with Crippen LogP contribution in [0.4, 0.5) is 0 Å². The van der Waals surface area contributed by atoms with Crippen molar-refractivity contribution in [3.05, 3.63) is 0 Å². The summed E-state index contributed by atoms with van der Waals surface area (Å²) in [5, 5.41) is 0. The van der Waals surface area contributed by atoms with Crippen LogP contribution in [0.3, 0.4) is 0 Å². The van der Waals surface area contributed by atoms with Crippen LogP contribution >= 0.6 is 12.2 Å². The van der Waals surface area contributed by atoms with E-state index in [4.69, 9.17) is 22.7 Å². The fourth-order valence-corrected chi connectivity index (χ4v) is 2.79. The summed E-state index contributed by atoms with van der Waals surface area (Å²) in [6, 6.07) is 0.761. The van der Waals surface area contributed by atoms with Gasteiger partial charge in [-0.3, -0.25) is 9.80 Å². The van der Waals surface area contributed by atoms with Gasteiger partial charge in [-0.25, -0.2) is 0 Å². The second kappa shape index (κ2) is 7.26. The Morgan fingerprint density at radius 3 is 2.24 bits per heavy atom. The molecule has 2 unspecified atom stereocenters. The van der Waals surface area contributed by atoms with Crippen molar-refractivity contribution in [2.45, 2.75) is 32.4 Å². The van der Waals surface area contributed by atoms with Crippen LogP contribution in [0, 0.1) is 0 Å². The molecule has 0 aromatic heterocycles. The smallest absolute Gasteiger partial charge is 0.0901 e. The quantitative estimate of drug-likeness (QED) is 0.711. The molecule has 0 amide bonds. The molecule has 1 aliphatic heterocycles. The molecule has 0 aromatic rings. The number of ether oxygens (including phenoxy) is 1. The van der Waals surface area contributed by atoms with Gasteiger partial charge in [-0.05, 0) is 13.3 Å². The fraction of sp³-hybridized carbons (Fsp3) is 0.917. The summed E-state index contributed by atoms with van der Waals surface area (Å²) < 4.78 is 5.19. The number of hydrogen-bond acceptors (Lipinski definition) is 4. The van der Waals surface area contributed by atoms with Crippen LogP contribution in [0.1, 0.15) is 20.3 Å². The standard InChI is InChI=1S/C12H25N3OS/c1-4-11(12(13)17)15-7-5-14(6-8-15)10(2)9-16-3/h10-11H,4-9H2,1-3H3,(H2,13,17).